The largest absolute Gasteiger partial charge is 0.379 e. The molecule has 1 aromatic carbocycles. The first-order valence-corrected chi connectivity index (χ1v) is 10.9. The van der Waals surface area contributed by atoms with Crippen molar-refractivity contribution < 1.29 is 9.47 Å². The second-order valence-electron chi connectivity index (χ2n) is 8.08. The van der Waals surface area contributed by atoms with Crippen molar-refractivity contribution in [1.29, 1.82) is 0 Å². The highest BCUT2D eigenvalue weighted by atomic mass is 16.5. The summed E-state index contributed by atoms with van der Waals surface area (Å²) in [5, 5.41) is 8.54. The average molecular weight is 444 g/mol. The lowest BCUT2D eigenvalue weighted by Gasteiger charge is -2.10. The Labute approximate surface area is 191 Å². The molecule has 0 unspecified atom stereocenters. The van der Waals surface area contributed by atoms with E-state index in [-0.39, 0.29) is 12.1 Å². The molecule has 0 radical (unpaired) electrons. The van der Waals surface area contributed by atoms with Crippen LogP contribution in [-0.4, -0.2) is 49.3 Å². The van der Waals surface area contributed by atoms with Crippen molar-refractivity contribution in [1.82, 2.24) is 29.9 Å². The lowest BCUT2D eigenvalue weighted by molar-refractivity contribution is 0.0301. The molecule has 33 heavy (non-hydrogen) atoms. The van der Waals surface area contributed by atoms with Gasteiger partial charge in [-0.05, 0) is 37.6 Å². The third-order valence-corrected chi connectivity index (χ3v) is 5.40. The predicted molar refractivity (Wildman–Crippen MR) is 123 cm³/mol. The summed E-state index contributed by atoms with van der Waals surface area (Å²) in [7, 11) is 0. The van der Waals surface area contributed by atoms with Gasteiger partial charge >= 0.3 is 0 Å². The Morgan fingerprint density at radius 1 is 1.03 bits per heavy atom. The summed E-state index contributed by atoms with van der Waals surface area (Å²) in [5.41, 5.74) is 11.9. The van der Waals surface area contributed by atoms with Gasteiger partial charge < -0.3 is 15.2 Å². The van der Waals surface area contributed by atoms with Crippen LogP contribution < -0.4 is 5.73 Å². The number of nitrogen functional groups attached to an aromatic ring is 1. The van der Waals surface area contributed by atoms with Crippen molar-refractivity contribution in [2.45, 2.75) is 32.6 Å². The van der Waals surface area contributed by atoms with Crippen LogP contribution in [0.15, 0.2) is 54.7 Å². The molecule has 0 aliphatic carbocycles. The first-order chi connectivity index (χ1) is 16.1. The zero-order valence-corrected chi connectivity index (χ0v) is 18.4. The normalized spacial score (nSPS) is 15.7. The van der Waals surface area contributed by atoms with Crippen molar-refractivity contribution >= 4 is 5.95 Å². The highest BCUT2D eigenvalue weighted by Gasteiger charge is 2.16. The van der Waals surface area contributed by atoms with Crippen LogP contribution in [0, 0.1) is 6.92 Å². The van der Waals surface area contributed by atoms with Crippen molar-refractivity contribution in [3.05, 3.63) is 71.7 Å². The van der Waals surface area contributed by atoms with Crippen molar-refractivity contribution in [3.8, 4) is 22.6 Å². The van der Waals surface area contributed by atoms with Gasteiger partial charge in [0, 0.05) is 12.2 Å². The van der Waals surface area contributed by atoms with Crippen LogP contribution in [-0.2, 0) is 22.6 Å². The highest BCUT2D eigenvalue weighted by Crippen LogP contribution is 2.24. The molecule has 1 atom stereocenters. The number of nitrogens with two attached hydrogens (primary N) is 1. The minimum absolute atomic E-state index is 0.151. The molecule has 4 aromatic rings. The van der Waals surface area contributed by atoms with E-state index in [4.69, 9.17) is 15.2 Å². The third-order valence-electron chi connectivity index (χ3n) is 5.40. The maximum atomic E-state index is 5.99. The smallest absolute Gasteiger partial charge is 0.221 e. The first kappa shape index (κ1) is 21.2. The van der Waals surface area contributed by atoms with Gasteiger partial charge in [-0.25, -0.2) is 14.6 Å². The first-order valence-electron chi connectivity index (χ1n) is 10.9. The van der Waals surface area contributed by atoms with Crippen molar-refractivity contribution in [3.63, 3.8) is 0 Å². The van der Waals surface area contributed by atoms with Crippen LogP contribution >= 0.6 is 0 Å². The average Bonchev–Trinajstić information content (AvgIpc) is 3.50. The van der Waals surface area contributed by atoms with Gasteiger partial charge in [0.2, 0.25) is 5.95 Å². The molecule has 2 N–H and O–H groups in total. The molecule has 1 saturated heterocycles. The van der Waals surface area contributed by atoms with E-state index < -0.39 is 0 Å². The van der Waals surface area contributed by atoms with Crippen molar-refractivity contribution in [2.75, 3.05) is 18.9 Å². The topological polar surface area (TPSA) is 114 Å². The number of hydrogen-bond donors (Lipinski definition) is 1. The monoisotopic (exact) mass is 443 g/mol. The molecule has 1 aliphatic heterocycles. The Morgan fingerprint density at radius 2 is 1.88 bits per heavy atom. The molecule has 1 aliphatic rings. The molecular weight excluding hydrogens is 418 g/mol. The van der Waals surface area contributed by atoms with Crippen molar-refractivity contribution in [2.24, 2.45) is 0 Å². The summed E-state index contributed by atoms with van der Waals surface area (Å²) in [6.45, 7) is 4.40. The molecule has 9 heteroatoms. The van der Waals surface area contributed by atoms with Crippen LogP contribution in [0.3, 0.4) is 0 Å². The number of hydrogen-bond acceptors (Lipinski definition) is 8. The maximum Gasteiger partial charge on any atom is 0.221 e. The summed E-state index contributed by atoms with van der Waals surface area (Å²) >= 11 is 0. The Hall–Kier alpha value is -3.69. The summed E-state index contributed by atoms with van der Waals surface area (Å²) in [5.74, 6) is 0.195. The fourth-order valence-corrected chi connectivity index (χ4v) is 3.75. The van der Waals surface area contributed by atoms with Crippen LogP contribution in [0.5, 0.6) is 0 Å². The maximum absolute atomic E-state index is 5.99. The number of nitrogens with zero attached hydrogens (tertiary/aromatic N) is 6. The molecule has 4 heterocycles. The van der Waals surface area contributed by atoms with Gasteiger partial charge in [-0.2, -0.15) is 0 Å². The Bertz CT molecular complexity index is 1250. The summed E-state index contributed by atoms with van der Waals surface area (Å²) in [6, 6.07) is 15.9. The van der Waals surface area contributed by atoms with Crippen LogP contribution in [0.4, 0.5) is 5.95 Å². The lowest BCUT2D eigenvalue weighted by Crippen LogP contribution is -2.13. The minimum atomic E-state index is 0.151. The van der Waals surface area contributed by atoms with Crippen LogP contribution in [0.25, 0.3) is 22.6 Å². The number of aromatic nitrogens is 6. The molecule has 0 bridgehead atoms. The second-order valence-corrected chi connectivity index (χ2v) is 8.08. The number of ether oxygens (including phenoxy) is 2. The SMILES string of the molecule is Cc1cccc(-c2cc(-c3cn(Cc4cccc(CO[C@@H]5CCOC5)n4)nn3)nc(N)n2)c1. The summed E-state index contributed by atoms with van der Waals surface area (Å²) in [6.07, 6.45) is 2.92. The van der Waals surface area contributed by atoms with E-state index in [0.717, 1.165) is 41.2 Å². The molecule has 1 fully saturated rings. The predicted octanol–water partition coefficient (Wildman–Crippen LogP) is 3.04. The van der Waals surface area contributed by atoms with Gasteiger partial charge in [0.25, 0.3) is 0 Å². The standard InChI is InChI=1S/C24H25N7O2/c1-16-4-2-5-17(10-16)21-11-22(28-24(25)27-21)23-13-31(30-29-23)12-18-6-3-7-19(26-18)14-33-20-8-9-32-15-20/h2-7,10-11,13,20H,8-9,12,14-15H2,1H3,(H2,25,27,28)/t20-/m1/s1. The van der Waals surface area contributed by atoms with E-state index in [1.54, 1.807) is 4.68 Å². The van der Waals surface area contributed by atoms with Gasteiger partial charge in [-0.3, -0.25) is 4.98 Å². The molecule has 0 saturated carbocycles. The molecule has 3 aromatic heterocycles. The fourth-order valence-electron chi connectivity index (χ4n) is 3.75. The van der Waals surface area contributed by atoms with Crippen LogP contribution in [0.1, 0.15) is 23.4 Å². The summed E-state index contributed by atoms with van der Waals surface area (Å²) in [4.78, 5) is 13.4. The minimum Gasteiger partial charge on any atom is -0.379 e. The molecule has 0 spiro atoms. The number of rotatable bonds is 7. The Balaban J connectivity index is 1.31. The number of benzene rings is 1. The van der Waals surface area contributed by atoms with E-state index in [9.17, 15) is 0 Å². The quantitative estimate of drug-likeness (QED) is 0.464. The summed E-state index contributed by atoms with van der Waals surface area (Å²) < 4.78 is 13.0. The van der Waals surface area contributed by atoms with E-state index in [0.29, 0.717) is 31.1 Å². The molecule has 5 rings (SSSR count). The highest BCUT2D eigenvalue weighted by molar-refractivity contribution is 5.67. The number of pyridine rings is 1. The molecule has 0 amide bonds. The number of anilines is 1. The van der Waals surface area contributed by atoms with Gasteiger partial charge in [0.1, 0.15) is 5.69 Å². The van der Waals surface area contributed by atoms with E-state index in [1.165, 1.54) is 0 Å². The molecule has 168 valence electrons. The van der Waals surface area contributed by atoms with E-state index in [2.05, 4.69) is 31.3 Å². The fraction of sp³-hybridized carbons (Fsp3) is 0.292. The van der Waals surface area contributed by atoms with Gasteiger partial charge in [-0.15, -0.1) is 5.10 Å². The Kier molecular flexibility index (Phi) is 6.05. The van der Waals surface area contributed by atoms with E-state index in [1.807, 2.05) is 55.6 Å². The second kappa shape index (κ2) is 9.43. The lowest BCUT2D eigenvalue weighted by atomic mass is 10.1. The molecular formula is C24H25N7O2. The van der Waals surface area contributed by atoms with Crippen LogP contribution in [0.2, 0.25) is 0 Å². The zero-order chi connectivity index (χ0) is 22.6. The zero-order valence-electron chi connectivity index (χ0n) is 18.4. The molecule has 9 nitrogen and oxygen atoms in total. The number of aryl methyl sites for hydroxylation is 1. The van der Waals surface area contributed by atoms with Gasteiger partial charge in [-0.1, -0.05) is 35.0 Å². The third kappa shape index (κ3) is 5.21. The van der Waals surface area contributed by atoms with Gasteiger partial charge in [0.15, 0.2) is 0 Å². The van der Waals surface area contributed by atoms with E-state index >= 15 is 0 Å². The van der Waals surface area contributed by atoms with Gasteiger partial charge in [0.05, 0.1) is 54.8 Å². The Morgan fingerprint density at radius 3 is 2.73 bits per heavy atom.